The summed E-state index contributed by atoms with van der Waals surface area (Å²) in [5.41, 5.74) is 0.436. The van der Waals surface area contributed by atoms with Crippen LogP contribution in [-0.2, 0) is 11.0 Å². The zero-order valence-corrected chi connectivity index (χ0v) is 20.8. The summed E-state index contributed by atoms with van der Waals surface area (Å²) in [5.74, 6) is -1.09. The second-order valence-corrected chi connectivity index (χ2v) is 8.13. The van der Waals surface area contributed by atoms with Gasteiger partial charge in [0, 0.05) is 18.6 Å². The summed E-state index contributed by atoms with van der Waals surface area (Å²) in [6.07, 6.45) is -0.00505. The van der Waals surface area contributed by atoms with Gasteiger partial charge in [0.25, 0.3) is 0 Å². The predicted octanol–water partition coefficient (Wildman–Crippen LogP) is -0.422. The smallest absolute Gasteiger partial charge is 0.507 e. The molecule has 11 heteroatoms. The number of hydrogen-bond acceptors (Lipinski definition) is 7. The van der Waals surface area contributed by atoms with Crippen LogP contribution >= 0.6 is 7.60 Å². The Morgan fingerprint density at radius 2 is 1.67 bits per heavy atom. The Labute approximate surface area is 216 Å². The molecule has 2 aromatic carbocycles. The summed E-state index contributed by atoms with van der Waals surface area (Å²) in [6, 6.07) is 7.05. The van der Waals surface area contributed by atoms with E-state index in [1.807, 2.05) is 0 Å². The average Bonchev–Trinajstić information content (AvgIpc) is 2.62. The molecule has 0 atom stereocenters. The van der Waals surface area contributed by atoms with Gasteiger partial charge in [-0.05, 0) is 30.5 Å². The third-order valence-electron chi connectivity index (χ3n) is 4.10. The number of ketones is 1. The van der Waals surface area contributed by atoms with Crippen LogP contribution < -0.4 is 60.9 Å². The molecular formula is C19H23KO9P+. The first kappa shape index (κ1) is 26.9. The fraction of sp³-hybridized carbons (Fsp3) is 0.316. The zero-order chi connectivity index (χ0) is 21.6. The van der Waals surface area contributed by atoms with Crippen LogP contribution in [0.3, 0.4) is 0 Å². The molecule has 9 nitrogen and oxygen atoms in total. The van der Waals surface area contributed by atoms with Gasteiger partial charge in [-0.15, -0.1) is 0 Å². The molecule has 0 spiro atoms. The second-order valence-electron chi connectivity index (χ2n) is 6.36. The van der Waals surface area contributed by atoms with Gasteiger partial charge in [-0.2, -0.15) is 0 Å². The number of carbonyl (C=O) groups excluding carboxylic acids is 1. The van der Waals surface area contributed by atoms with Gasteiger partial charge in [0.15, 0.2) is 17.3 Å². The molecule has 0 unspecified atom stereocenters. The van der Waals surface area contributed by atoms with Crippen molar-refractivity contribution in [2.45, 2.75) is 19.3 Å². The van der Waals surface area contributed by atoms with Gasteiger partial charge in [-0.25, -0.2) is 0 Å². The third kappa shape index (κ3) is 8.20. The maximum Gasteiger partial charge on any atom is 1.00 e. The number of phenolic OH excluding ortho intramolecular Hbond substituents is 3. The third-order valence-corrected chi connectivity index (χ3v) is 4.99. The molecular weight excluding hydrogens is 442 g/mol. The number of hydrogen-bond donors (Lipinski definition) is 5. The summed E-state index contributed by atoms with van der Waals surface area (Å²) in [5, 5.41) is 30.0. The van der Waals surface area contributed by atoms with E-state index in [0.717, 1.165) is 12.1 Å². The van der Waals surface area contributed by atoms with Crippen LogP contribution in [0.15, 0.2) is 30.3 Å². The summed E-state index contributed by atoms with van der Waals surface area (Å²) >= 11 is 0. The van der Waals surface area contributed by atoms with Crippen LogP contribution in [0.25, 0.3) is 0 Å². The monoisotopic (exact) mass is 465 g/mol. The number of methoxy groups -OCH3 is 1. The van der Waals surface area contributed by atoms with Crippen molar-refractivity contribution in [3.05, 3.63) is 41.5 Å². The molecule has 158 valence electrons. The Kier molecular flexibility index (Phi) is 10.8. The van der Waals surface area contributed by atoms with Crippen molar-refractivity contribution in [1.29, 1.82) is 0 Å². The van der Waals surface area contributed by atoms with Crippen molar-refractivity contribution in [2.24, 2.45) is 0 Å². The number of ether oxygens (including phenoxy) is 2. The maximum absolute atomic E-state index is 12.4. The van der Waals surface area contributed by atoms with E-state index in [4.69, 9.17) is 19.3 Å². The number of aromatic hydroxyl groups is 3. The number of rotatable bonds is 10. The molecule has 5 N–H and O–H groups in total. The Morgan fingerprint density at radius 3 is 2.20 bits per heavy atom. The standard InChI is InChI=1S/C19H23O9P.K/c1-27-18-6-4-12(9-15(18)21)3-5-14(20)19-16(22)10-13(11-17(19)23)28-7-2-8-29(24,25)26;/h4,6,9-11,21-23H,2-3,5,7-8H2,1H3,(H2,24,25,26);/q;+1. The first-order valence-corrected chi connectivity index (χ1v) is 10.5. The molecule has 0 saturated heterocycles. The molecule has 0 bridgehead atoms. The van der Waals surface area contributed by atoms with E-state index in [1.54, 1.807) is 12.1 Å². The van der Waals surface area contributed by atoms with Crippen molar-refractivity contribution in [1.82, 2.24) is 0 Å². The Balaban J connectivity index is 0.00000450. The average molecular weight is 465 g/mol. The fourth-order valence-corrected chi connectivity index (χ4v) is 3.23. The van der Waals surface area contributed by atoms with Gasteiger partial charge in [0.2, 0.25) is 0 Å². The molecule has 0 aliphatic heterocycles. The predicted molar refractivity (Wildman–Crippen MR) is 104 cm³/mol. The number of aryl methyl sites for hydroxylation is 1. The molecule has 2 rings (SSSR count). The van der Waals surface area contributed by atoms with E-state index in [1.165, 1.54) is 13.2 Å². The van der Waals surface area contributed by atoms with Gasteiger partial charge >= 0.3 is 59.0 Å². The normalized spacial score (nSPS) is 10.9. The molecule has 0 amide bonds. The van der Waals surface area contributed by atoms with Crippen LogP contribution in [0.4, 0.5) is 0 Å². The van der Waals surface area contributed by atoms with Crippen LogP contribution in [0.2, 0.25) is 0 Å². The van der Waals surface area contributed by atoms with Crippen LogP contribution in [-0.4, -0.2) is 50.8 Å². The van der Waals surface area contributed by atoms with Crippen molar-refractivity contribution >= 4 is 13.4 Å². The molecule has 0 saturated carbocycles. The van der Waals surface area contributed by atoms with Crippen LogP contribution in [0.1, 0.15) is 28.8 Å². The van der Waals surface area contributed by atoms with Crippen molar-refractivity contribution in [3.8, 4) is 28.7 Å². The van der Waals surface area contributed by atoms with Crippen LogP contribution in [0.5, 0.6) is 28.7 Å². The summed E-state index contributed by atoms with van der Waals surface area (Å²) in [6.45, 7) is -0.0295. The van der Waals surface area contributed by atoms with E-state index >= 15 is 0 Å². The quantitative estimate of drug-likeness (QED) is 0.136. The SMILES string of the molecule is COc1ccc(CCC(=O)c2c(O)cc(OCCCP(=O)(O)O)cc2O)cc1O.[K+]. The Bertz CT molecular complexity index is 903. The van der Waals surface area contributed by atoms with E-state index in [-0.39, 0.29) is 100 Å². The van der Waals surface area contributed by atoms with Crippen molar-refractivity contribution in [2.75, 3.05) is 19.9 Å². The fourth-order valence-electron chi connectivity index (χ4n) is 2.69. The van der Waals surface area contributed by atoms with Gasteiger partial charge in [-0.3, -0.25) is 9.36 Å². The molecule has 30 heavy (non-hydrogen) atoms. The van der Waals surface area contributed by atoms with Crippen LogP contribution in [0, 0.1) is 0 Å². The van der Waals surface area contributed by atoms with E-state index in [9.17, 15) is 24.7 Å². The zero-order valence-electron chi connectivity index (χ0n) is 16.7. The Morgan fingerprint density at radius 1 is 1.03 bits per heavy atom. The number of Topliss-reactive ketones (excluding diaryl/α,β-unsaturated/α-hetero) is 1. The molecule has 0 fully saturated rings. The molecule has 0 aliphatic rings. The van der Waals surface area contributed by atoms with E-state index in [0.29, 0.717) is 11.3 Å². The van der Waals surface area contributed by atoms with Gasteiger partial charge < -0.3 is 34.6 Å². The Hall–Kier alpha value is -1.10. The first-order chi connectivity index (χ1) is 13.6. The minimum Gasteiger partial charge on any atom is -0.507 e. The summed E-state index contributed by atoms with van der Waals surface area (Å²) in [4.78, 5) is 30.0. The van der Waals surface area contributed by atoms with Crippen molar-refractivity contribution in [3.63, 3.8) is 0 Å². The summed E-state index contributed by atoms with van der Waals surface area (Å²) in [7, 11) is -2.69. The number of phenols is 3. The van der Waals surface area contributed by atoms with E-state index in [2.05, 4.69) is 0 Å². The van der Waals surface area contributed by atoms with Gasteiger partial charge in [0.1, 0.15) is 22.8 Å². The van der Waals surface area contributed by atoms with Gasteiger partial charge in [0.05, 0.1) is 19.9 Å². The molecule has 0 aliphatic carbocycles. The maximum atomic E-state index is 12.4. The minimum absolute atomic E-state index is 0. The summed E-state index contributed by atoms with van der Waals surface area (Å²) < 4.78 is 21.0. The van der Waals surface area contributed by atoms with Gasteiger partial charge in [-0.1, -0.05) is 6.07 Å². The molecule has 0 aromatic heterocycles. The largest absolute Gasteiger partial charge is 1.00 e. The second kappa shape index (κ2) is 12.1. The molecule has 2 aromatic rings. The number of benzene rings is 2. The minimum atomic E-state index is -4.11. The number of carbonyl (C=O) groups is 1. The molecule has 0 radical (unpaired) electrons. The molecule has 0 heterocycles. The van der Waals surface area contributed by atoms with E-state index < -0.39 is 24.9 Å². The topological polar surface area (TPSA) is 154 Å². The first-order valence-electron chi connectivity index (χ1n) is 8.73. The van der Waals surface area contributed by atoms with Crippen molar-refractivity contribution < 1.29 is 95.3 Å².